The van der Waals surface area contributed by atoms with Gasteiger partial charge in [-0.15, -0.1) is 0 Å². The molecule has 1 aliphatic heterocycles. The Labute approximate surface area is 229 Å². The van der Waals surface area contributed by atoms with Crippen LogP contribution in [0.5, 0.6) is 0 Å². The number of carbonyl (C=O) groups excluding carboxylic acids is 3. The first-order valence-corrected chi connectivity index (χ1v) is 12.7. The lowest BCUT2D eigenvalue weighted by molar-refractivity contribution is 0.0642. The van der Waals surface area contributed by atoms with Gasteiger partial charge in [-0.05, 0) is 66.4 Å². The molecule has 38 heavy (non-hydrogen) atoms. The highest BCUT2D eigenvalue weighted by atomic mass is 35.5. The van der Waals surface area contributed by atoms with Gasteiger partial charge in [-0.25, -0.2) is 9.97 Å². The topological polar surface area (TPSA) is 92.3 Å². The molecule has 7 nitrogen and oxygen atoms in total. The van der Waals surface area contributed by atoms with E-state index in [0.717, 1.165) is 16.7 Å². The second-order valence-electron chi connectivity index (χ2n) is 8.89. The summed E-state index contributed by atoms with van der Waals surface area (Å²) >= 11 is 12.4. The summed E-state index contributed by atoms with van der Waals surface area (Å²) in [5, 5.41) is 3.89. The molecular weight excluding hydrogens is 523 g/mol. The van der Waals surface area contributed by atoms with Gasteiger partial charge in [0.25, 0.3) is 17.7 Å². The summed E-state index contributed by atoms with van der Waals surface area (Å²) in [5.41, 5.74) is 4.97. The Kier molecular flexibility index (Phi) is 6.97. The maximum atomic E-state index is 13.2. The fourth-order valence-electron chi connectivity index (χ4n) is 4.54. The SMILES string of the molecule is CCc1cc(CN2C(=O)c3ccccc3C2=O)cc(C)c1NC(=O)c1nccc(-c2cc(Cl)ccc2Cl)n1. The number of benzene rings is 3. The van der Waals surface area contributed by atoms with E-state index in [1.807, 2.05) is 26.0 Å². The number of halogens is 2. The predicted octanol–water partition coefficient (Wildman–Crippen LogP) is 6.37. The molecule has 3 amide bonds. The fourth-order valence-corrected chi connectivity index (χ4v) is 4.92. The lowest BCUT2D eigenvalue weighted by Gasteiger charge is -2.18. The lowest BCUT2D eigenvalue weighted by atomic mass is 10.0. The van der Waals surface area contributed by atoms with E-state index in [1.54, 1.807) is 48.5 Å². The van der Waals surface area contributed by atoms with E-state index in [2.05, 4.69) is 15.3 Å². The van der Waals surface area contributed by atoms with E-state index < -0.39 is 5.91 Å². The van der Waals surface area contributed by atoms with Crippen molar-refractivity contribution < 1.29 is 14.4 Å². The van der Waals surface area contributed by atoms with Crippen LogP contribution in [0.4, 0.5) is 5.69 Å². The van der Waals surface area contributed by atoms with Crippen molar-refractivity contribution in [1.82, 2.24) is 14.9 Å². The van der Waals surface area contributed by atoms with Gasteiger partial charge in [-0.3, -0.25) is 19.3 Å². The van der Waals surface area contributed by atoms with Gasteiger partial charge in [-0.1, -0.05) is 54.4 Å². The predicted molar refractivity (Wildman–Crippen MR) is 147 cm³/mol. The van der Waals surface area contributed by atoms with Crippen LogP contribution in [-0.2, 0) is 13.0 Å². The maximum Gasteiger partial charge on any atom is 0.293 e. The molecule has 1 aliphatic rings. The first kappa shape index (κ1) is 25.6. The van der Waals surface area contributed by atoms with Crippen LogP contribution in [0.3, 0.4) is 0 Å². The first-order valence-electron chi connectivity index (χ1n) is 11.9. The van der Waals surface area contributed by atoms with E-state index in [9.17, 15) is 14.4 Å². The van der Waals surface area contributed by atoms with Crippen molar-refractivity contribution >= 4 is 46.6 Å². The zero-order chi connectivity index (χ0) is 27.0. The molecule has 3 aromatic carbocycles. The standard InChI is InChI=1S/C29H22Cl2N4O3/c1-3-18-13-17(15-35-28(37)20-6-4-5-7-21(20)29(35)38)12-16(2)25(18)34-27(36)26-32-11-10-24(33-26)22-14-19(30)8-9-23(22)31/h4-14H,3,15H2,1-2H3,(H,34,36). The van der Waals surface area contributed by atoms with Crippen LogP contribution in [0, 0.1) is 6.92 Å². The fraction of sp³-hybridized carbons (Fsp3) is 0.138. The highest BCUT2D eigenvalue weighted by molar-refractivity contribution is 6.35. The number of aryl methyl sites for hydroxylation is 2. The minimum absolute atomic E-state index is 0.0184. The second kappa shape index (κ2) is 10.4. The molecule has 0 aliphatic carbocycles. The molecule has 0 fully saturated rings. The van der Waals surface area contributed by atoms with E-state index in [4.69, 9.17) is 23.2 Å². The van der Waals surface area contributed by atoms with Crippen LogP contribution >= 0.6 is 23.2 Å². The smallest absolute Gasteiger partial charge is 0.293 e. The van der Waals surface area contributed by atoms with E-state index in [1.165, 1.54) is 11.1 Å². The number of anilines is 1. The Morgan fingerprint density at radius 2 is 1.66 bits per heavy atom. The molecule has 0 radical (unpaired) electrons. The molecule has 0 saturated heterocycles. The molecule has 190 valence electrons. The van der Waals surface area contributed by atoms with Crippen molar-refractivity contribution in [2.24, 2.45) is 0 Å². The third-order valence-electron chi connectivity index (χ3n) is 6.38. The van der Waals surface area contributed by atoms with Crippen LogP contribution in [0.15, 0.2) is 66.9 Å². The van der Waals surface area contributed by atoms with E-state index >= 15 is 0 Å². The maximum absolute atomic E-state index is 13.2. The normalized spacial score (nSPS) is 12.6. The number of aromatic nitrogens is 2. The summed E-state index contributed by atoms with van der Waals surface area (Å²) < 4.78 is 0. The highest BCUT2D eigenvalue weighted by Crippen LogP contribution is 2.30. The molecule has 0 saturated carbocycles. The average molecular weight is 545 g/mol. The van der Waals surface area contributed by atoms with Gasteiger partial charge in [0.1, 0.15) is 0 Å². The van der Waals surface area contributed by atoms with Crippen molar-refractivity contribution in [3.63, 3.8) is 0 Å². The molecule has 0 unspecified atom stereocenters. The average Bonchev–Trinajstić information content (AvgIpc) is 3.16. The van der Waals surface area contributed by atoms with E-state index in [0.29, 0.717) is 44.5 Å². The molecule has 1 N–H and O–H groups in total. The molecule has 2 heterocycles. The van der Waals surface area contributed by atoms with Gasteiger partial charge >= 0.3 is 0 Å². The molecule has 0 atom stereocenters. The Morgan fingerprint density at radius 3 is 2.34 bits per heavy atom. The van der Waals surface area contributed by atoms with Crippen LogP contribution in [0.1, 0.15) is 54.9 Å². The second-order valence-corrected chi connectivity index (χ2v) is 9.73. The van der Waals surface area contributed by atoms with Gasteiger partial charge in [0, 0.05) is 22.5 Å². The third kappa shape index (κ3) is 4.78. The largest absolute Gasteiger partial charge is 0.319 e. The van der Waals surface area contributed by atoms with Gasteiger partial charge in [0.15, 0.2) is 0 Å². The lowest BCUT2D eigenvalue weighted by Crippen LogP contribution is -2.29. The third-order valence-corrected chi connectivity index (χ3v) is 6.94. The zero-order valence-corrected chi connectivity index (χ0v) is 22.1. The van der Waals surface area contributed by atoms with Crippen LogP contribution in [0.25, 0.3) is 11.3 Å². The summed E-state index contributed by atoms with van der Waals surface area (Å²) in [6.45, 7) is 3.97. The zero-order valence-electron chi connectivity index (χ0n) is 20.6. The number of imide groups is 1. The van der Waals surface area contributed by atoms with Crippen LogP contribution in [-0.4, -0.2) is 32.6 Å². The minimum atomic E-state index is -0.476. The molecule has 0 bridgehead atoms. The quantitative estimate of drug-likeness (QED) is 0.284. The van der Waals surface area contributed by atoms with Crippen molar-refractivity contribution in [2.75, 3.05) is 5.32 Å². The van der Waals surface area contributed by atoms with Crippen molar-refractivity contribution in [3.8, 4) is 11.3 Å². The Morgan fingerprint density at radius 1 is 0.947 bits per heavy atom. The van der Waals surface area contributed by atoms with Crippen LogP contribution in [0.2, 0.25) is 10.0 Å². The number of rotatable bonds is 6. The Balaban J connectivity index is 1.39. The Hall–Kier alpha value is -4.07. The molecular formula is C29H22Cl2N4O3. The van der Waals surface area contributed by atoms with E-state index in [-0.39, 0.29) is 24.2 Å². The Bertz CT molecular complexity index is 1580. The van der Waals surface area contributed by atoms with Gasteiger partial charge in [-0.2, -0.15) is 0 Å². The number of hydrogen-bond donors (Lipinski definition) is 1. The van der Waals surface area contributed by atoms with Gasteiger partial charge < -0.3 is 5.32 Å². The molecule has 0 spiro atoms. The number of nitrogens with one attached hydrogen (secondary N) is 1. The summed E-state index contributed by atoms with van der Waals surface area (Å²) in [4.78, 5) is 48.6. The summed E-state index contributed by atoms with van der Waals surface area (Å²) in [7, 11) is 0. The molecule has 4 aromatic rings. The summed E-state index contributed by atoms with van der Waals surface area (Å²) in [6, 6.07) is 17.3. The monoisotopic (exact) mass is 544 g/mol. The highest BCUT2D eigenvalue weighted by Gasteiger charge is 2.35. The summed E-state index contributed by atoms with van der Waals surface area (Å²) in [6.07, 6.45) is 2.11. The van der Waals surface area contributed by atoms with Crippen molar-refractivity contribution in [2.45, 2.75) is 26.8 Å². The number of hydrogen-bond acceptors (Lipinski definition) is 5. The summed E-state index contributed by atoms with van der Waals surface area (Å²) in [5.74, 6) is -1.11. The number of nitrogens with zero attached hydrogens (tertiary/aromatic N) is 3. The van der Waals surface area contributed by atoms with Gasteiger partial charge in [0.2, 0.25) is 5.82 Å². The molecule has 5 rings (SSSR count). The number of carbonyl (C=O) groups is 3. The first-order chi connectivity index (χ1) is 18.3. The number of fused-ring (bicyclic) bond motifs is 1. The number of amides is 3. The van der Waals surface area contributed by atoms with Crippen LogP contribution < -0.4 is 5.32 Å². The minimum Gasteiger partial charge on any atom is -0.319 e. The van der Waals surface area contributed by atoms with Crippen molar-refractivity contribution in [3.05, 3.63) is 111 Å². The molecule has 1 aromatic heterocycles. The van der Waals surface area contributed by atoms with Gasteiger partial charge in [0.05, 0.1) is 28.4 Å². The molecule has 9 heteroatoms. The van der Waals surface area contributed by atoms with Crippen molar-refractivity contribution in [1.29, 1.82) is 0 Å².